The summed E-state index contributed by atoms with van der Waals surface area (Å²) in [6.45, 7) is 13.9. The fraction of sp³-hybridized carbons (Fsp3) is 0.875. The maximum atomic E-state index is 5.55. The first-order valence-electron chi connectivity index (χ1n) is 4.04. The molecule has 0 aliphatic carbocycles. The van der Waals surface area contributed by atoms with E-state index in [2.05, 4.69) is 6.55 Å². The zero-order chi connectivity index (χ0) is 9.07. The molecule has 0 atom stereocenters. The molecule has 0 aromatic rings. The molecule has 0 bridgehead atoms. The Morgan fingerprint density at radius 3 is 1.38 bits per heavy atom. The molecule has 2 nitrogen and oxygen atoms in total. The van der Waals surface area contributed by atoms with E-state index in [4.69, 9.17) is 8.85 Å². The van der Waals surface area contributed by atoms with Crippen LogP contribution in [0.3, 0.4) is 0 Å². The molecule has 0 radical (unpaired) electrons. The van der Waals surface area contributed by atoms with Gasteiger partial charge in [0.05, 0.1) is 0 Å². The molecule has 0 heterocycles. The van der Waals surface area contributed by atoms with Crippen molar-refractivity contribution >= 4 is 31.6 Å². The number of hydrogen-bond acceptors (Lipinski definition) is 2. The van der Waals surface area contributed by atoms with Crippen LogP contribution in [0.1, 0.15) is 27.7 Å². The molecule has 0 aromatic heterocycles. The Kier molecular flexibility index (Phi) is 13.8. The normalized spacial score (nSPS) is 11.1. The van der Waals surface area contributed by atoms with Crippen molar-refractivity contribution in [2.45, 2.75) is 46.4 Å². The fourth-order valence-electron chi connectivity index (χ4n) is 1.02. The van der Waals surface area contributed by atoms with Crippen molar-refractivity contribution in [2.75, 3.05) is 0 Å². The minimum absolute atomic E-state index is 0. The standard InChI is InChI=1S/C8H19O2Si.HI.Mg/c1-7(2)9-11(5,6)10-8(3)4;;/h7-8H,5H2,1-4,6H3;1H;/q-1;;+2/p-1. The average Bonchev–Trinajstić information content (AvgIpc) is 1.53. The van der Waals surface area contributed by atoms with E-state index >= 15 is 0 Å². The topological polar surface area (TPSA) is 18.5 Å². The van der Waals surface area contributed by atoms with Gasteiger partial charge in [0.1, 0.15) is 0 Å². The van der Waals surface area contributed by atoms with Gasteiger partial charge in [0.15, 0.2) is 8.56 Å². The van der Waals surface area contributed by atoms with Crippen LogP contribution >= 0.6 is 0 Å². The smallest absolute Gasteiger partial charge is 1.00 e. The second kappa shape index (κ2) is 8.90. The van der Waals surface area contributed by atoms with E-state index in [9.17, 15) is 0 Å². The number of rotatable bonds is 4. The van der Waals surface area contributed by atoms with E-state index in [1.54, 1.807) is 0 Å². The Hall–Kier alpha value is 1.63. The molecule has 0 spiro atoms. The SMILES string of the molecule is [CH2-][Si](C)(OC(C)C)OC(C)C.[I-].[Mg+2]. The van der Waals surface area contributed by atoms with Gasteiger partial charge in [-0.1, -0.05) is 0 Å². The second-order valence-electron chi connectivity index (χ2n) is 3.47. The van der Waals surface area contributed by atoms with E-state index in [0.717, 1.165) is 0 Å². The van der Waals surface area contributed by atoms with Gasteiger partial charge >= 0.3 is 23.1 Å². The van der Waals surface area contributed by atoms with E-state index < -0.39 is 8.56 Å². The van der Waals surface area contributed by atoms with E-state index in [0.29, 0.717) is 0 Å². The van der Waals surface area contributed by atoms with Gasteiger partial charge in [0, 0.05) is 12.2 Å². The molecule has 0 saturated carbocycles. The summed E-state index contributed by atoms with van der Waals surface area (Å²) in [4.78, 5) is 0. The fourth-order valence-corrected chi connectivity index (χ4v) is 3.07. The molecule has 5 heteroatoms. The molecule has 0 saturated heterocycles. The Morgan fingerprint density at radius 1 is 1.00 bits per heavy atom. The summed E-state index contributed by atoms with van der Waals surface area (Å²) in [6, 6.07) is 0. The van der Waals surface area contributed by atoms with Gasteiger partial charge in [-0.2, -0.15) is 0 Å². The molecule has 0 unspecified atom stereocenters. The van der Waals surface area contributed by atoms with Crippen molar-refractivity contribution in [3.8, 4) is 0 Å². The third-order valence-electron chi connectivity index (χ3n) is 0.970. The molecule has 0 fully saturated rings. The number of hydrogen-bond donors (Lipinski definition) is 0. The van der Waals surface area contributed by atoms with Crippen LogP contribution in [0.15, 0.2) is 0 Å². The van der Waals surface area contributed by atoms with E-state index in [1.807, 2.05) is 34.2 Å². The largest absolute Gasteiger partial charge is 2.00 e. The van der Waals surface area contributed by atoms with Gasteiger partial charge in [0.2, 0.25) is 0 Å². The minimum Gasteiger partial charge on any atom is -1.00 e. The summed E-state index contributed by atoms with van der Waals surface area (Å²) in [6.07, 6.45) is 0.422. The van der Waals surface area contributed by atoms with Crippen LogP contribution in [-0.4, -0.2) is 43.8 Å². The zero-order valence-electron chi connectivity index (χ0n) is 9.26. The van der Waals surface area contributed by atoms with Crippen LogP contribution in [0.4, 0.5) is 0 Å². The van der Waals surface area contributed by atoms with Crippen molar-refractivity contribution in [3.05, 3.63) is 6.55 Å². The first kappa shape index (κ1) is 20.1. The van der Waals surface area contributed by atoms with Crippen molar-refractivity contribution in [1.29, 1.82) is 0 Å². The molecular weight excluding hydrogens is 307 g/mol. The predicted octanol–water partition coefficient (Wildman–Crippen LogP) is -1.10. The summed E-state index contributed by atoms with van der Waals surface area (Å²) >= 11 is 0. The van der Waals surface area contributed by atoms with Gasteiger partial charge in [-0.15, -0.1) is 0 Å². The third-order valence-corrected chi connectivity index (χ3v) is 2.91. The molecule has 13 heavy (non-hydrogen) atoms. The molecule has 0 aliphatic rings. The monoisotopic (exact) mass is 326 g/mol. The van der Waals surface area contributed by atoms with Crippen LogP contribution < -0.4 is 24.0 Å². The predicted molar refractivity (Wildman–Crippen MR) is 55.2 cm³/mol. The molecular formula is C8H19IMgO2Si. The van der Waals surface area contributed by atoms with Gasteiger partial charge in [-0.05, 0) is 34.2 Å². The van der Waals surface area contributed by atoms with Crippen LogP contribution in [-0.2, 0) is 8.85 Å². The molecule has 0 amide bonds. The summed E-state index contributed by atoms with van der Waals surface area (Å²) in [5.74, 6) is 0. The van der Waals surface area contributed by atoms with Crippen molar-refractivity contribution < 1.29 is 32.8 Å². The van der Waals surface area contributed by atoms with E-state index in [-0.39, 0.29) is 59.2 Å². The Labute approximate surface area is 117 Å². The molecule has 0 N–H and O–H groups in total. The maximum absolute atomic E-state index is 5.55. The van der Waals surface area contributed by atoms with Crippen molar-refractivity contribution in [3.63, 3.8) is 0 Å². The minimum atomic E-state index is -2.08. The molecule has 0 aromatic carbocycles. The van der Waals surface area contributed by atoms with Crippen LogP contribution in [0.2, 0.25) is 6.55 Å². The second-order valence-corrected chi connectivity index (χ2v) is 6.21. The summed E-state index contributed by atoms with van der Waals surface area (Å²) in [5.41, 5.74) is 0. The average molecular weight is 327 g/mol. The van der Waals surface area contributed by atoms with Gasteiger partial charge in [-0.3, -0.25) is 6.55 Å². The number of halogens is 1. The third kappa shape index (κ3) is 13.6. The Bertz CT molecular complexity index is 109. The Balaban J connectivity index is -0.000000500. The van der Waals surface area contributed by atoms with Crippen LogP contribution in [0, 0.1) is 6.55 Å². The van der Waals surface area contributed by atoms with Gasteiger partial charge in [0.25, 0.3) is 0 Å². The van der Waals surface area contributed by atoms with Gasteiger partial charge < -0.3 is 32.8 Å². The maximum Gasteiger partial charge on any atom is 2.00 e. The van der Waals surface area contributed by atoms with Crippen LogP contribution in [0.5, 0.6) is 0 Å². The summed E-state index contributed by atoms with van der Waals surface area (Å²) in [5, 5.41) is 0. The molecule has 0 rings (SSSR count). The first-order valence-corrected chi connectivity index (χ1v) is 6.57. The van der Waals surface area contributed by atoms with Crippen LogP contribution in [0.25, 0.3) is 0 Å². The zero-order valence-corrected chi connectivity index (χ0v) is 13.8. The summed E-state index contributed by atoms with van der Waals surface area (Å²) < 4.78 is 11.1. The van der Waals surface area contributed by atoms with E-state index in [1.165, 1.54) is 0 Å². The Morgan fingerprint density at radius 2 is 1.23 bits per heavy atom. The van der Waals surface area contributed by atoms with Crippen molar-refractivity contribution in [2.24, 2.45) is 0 Å². The molecule has 76 valence electrons. The first-order chi connectivity index (χ1) is 4.83. The van der Waals surface area contributed by atoms with Gasteiger partial charge in [-0.25, -0.2) is 0 Å². The summed E-state index contributed by atoms with van der Waals surface area (Å²) in [7, 11) is -2.08. The molecule has 0 aliphatic heterocycles. The quantitative estimate of drug-likeness (QED) is 0.371. The van der Waals surface area contributed by atoms with Crippen molar-refractivity contribution in [1.82, 2.24) is 0 Å².